The molecule has 2 atom stereocenters. The van der Waals surface area contributed by atoms with E-state index in [1.165, 1.54) is 23.9 Å². The summed E-state index contributed by atoms with van der Waals surface area (Å²) in [5, 5.41) is 20.6. The van der Waals surface area contributed by atoms with Crippen molar-refractivity contribution in [2.24, 2.45) is 5.16 Å². The van der Waals surface area contributed by atoms with Gasteiger partial charge in [-0.2, -0.15) is 4.57 Å². The summed E-state index contributed by atoms with van der Waals surface area (Å²) in [6.07, 6.45) is 8.69. The number of carbonyl (C=O) groups excluding carboxylic acids is 4. The van der Waals surface area contributed by atoms with E-state index in [0.717, 1.165) is 59.6 Å². The number of nitrogens with one attached hydrogen (secondary N) is 2. The molecule has 15 nitrogen and oxygen atoms in total. The molecule has 0 bridgehead atoms. The molecule has 3 aromatic rings. The van der Waals surface area contributed by atoms with Gasteiger partial charge in [-0.3, -0.25) is 24.1 Å². The van der Waals surface area contributed by atoms with Crippen LogP contribution in [0, 0.1) is 11.6 Å². The number of benzene rings is 1. The van der Waals surface area contributed by atoms with E-state index >= 15 is 0 Å². The summed E-state index contributed by atoms with van der Waals surface area (Å²) in [5.74, 6) is -5.29. The lowest BCUT2D eigenvalue weighted by Gasteiger charge is -2.49. The number of halogens is 2. The number of carbonyl (C=O) groups is 5. The normalized spacial score (nSPS) is 20.8. The van der Waals surface area contributed by atoms with Crippen LogP contribution in [-0.4, -0.2) is 85.0 Å². The molecule has 0 radical (unpaired) electrons. The number of rotatable bonds is 12. The number of likely N-dealkylation sites (tertiary alicyclic amines) is 1. The lowest BCUT2D eigenvalue weighted by atomic mass is 10.0. The molecule has 1 saturated carbocycles. The van der Waals surface area contributed by atoms with Gasteiger partial charge in [-0.25, -0.2) is 18.6 Å². The highest BCUT2D eigenvalue weighted by Gasteiger charge is 2.54. The number of carboxylic acid groups (broad SMARTS) is 1. The Labute approximate surface area is 320 Å². The molecule has 5 heterocycles. The number of aliphatic carboxylic acids is 1. The van der Waals surface area contributed by atoms with Crippen LogP contribution in [0.4, 0.5) is 19.6 Å². The predicted octanol–water partition coefficient (Wildman–Crippen LogP) is 2.69. The van der Waals surface area contributed by atoms with Gasteiger partial charge in [0.05, 0.1) is 0 Å². The van der Waals surface area contributed by atoms with Crippen molar-refractivity contribution in [2.45, 2.75) is 62.7 Å². The number of nitrogens with zero attached hydrogens (tertiary/aromatic N) is 5. The number of nitrogen functional groups attached to an aromatic ring is 1. The first-order valence-electron chi connectivity index (χ1n) is 17.3. The van der Waals surface area contributed by atoms with Crippen molar-refractivity contribution in [1.29, 1.82) is 0 Å². The summed E-state index contributed by atoms with van der Waals surface area (Å²) in [4.78, 5) is 77.7. The van der Waals surface area contributed by atoms with Crippen molar-refractivity contribution in [2.75, 3.05) is 23.3 Å². The monoisotopic (exact) mass is 793 g/mol. The number of thiazole rings is 1. The van der Waals surface area contributed by atoms with Gasteiger partial charge in [0, 0.05) is 53.7 Å². The smallest absolute Gasteiger partial charge is 0.352 e. The molecule has 4 amide bonds. The van der Waals surface area contributed by atoms with Gasteiger partial charge < -0.3 is 31.2 Å². The molecule has 0 unspecified atom stereocenters. The number of β-lactam (4-membered cyclic amide) rings is 1. The van der Waals surface area contributed by atoms with Gasteiger partial charge in [-0.05, 0) is 61.4 Å². The Hall–Kier alpha value is -5.69. The van der Waals surface area contributed by atoms with E-state index in [2.05, 4.69) is 20.8 Å². The third-order valence-electron chi connectivity index (χ3n) is 9.49. The molecule has 3 fully saturated rings. The number of hydrogen-bond donors (Lipinski definition) is 4. The number of amides is 4. The van der Waals surface area contributed by atoms with E-state index in [1.807, 2.05) is 0 Å². The van der Waals surface area contributed by atoms with Gasteiger partial charge in [0.1, 0.15) is 28.9 Å². The fourth-order valence-electron chi connectivity index (χ4n) is 6.71. The average molecular weight is 794 g/mol. The van der Waals surface area contributed by atoms with Crippen LogP contribution in [-0.2, 0) is 41.9 Å². The van der Waals surface area contributed by atoms with Crippen LogP contribution >= 0.6 is 23.1 Å². The minimum absolute atomic E-state index is 0.0892. The second-order valence-electron chi connectivity index (χ2n) is 13.3. The molecular formula is C36H35F2N8O7S2+. The summed E-state index contributed by atoms with van der Waals surface area (Å²) in [6, 6.07) is 5.54. The highest BCUT2D eigenvalue weighted by molar-refractivity contribution is 8.00. The van der Waals surface area contributed by atoms with E-state index in [4.69, 9.17) is 10.6 Å². The number of aromatic nitrogens is 2. The van der Waals surface area contributed by atoms with Gasteiger partial charge in [-0.15, -0.1) is 23.1 Å². The zero-order valence-electron chi connectivity index (χ0n) is 29.1. The molecule has 0 spiro atoms. The maximum Gasteiger partial charge on any atom is 0.352 e. The molecule has 1 aromatic carbocycles. The quantitative estimate of drug-likeness (QED) is 0.0695. The minimum Gasteiger partial charge on any atom is -0.477 e. The summed E-state index contributed by atoms with van der Waals surface area (Å²) in [6.45, 7) is 0.557. The molecule has 2 aromatic heterocycles. The lowest BCUT2D eigenvalue weighted by Crippen LogP contribution is -2.71. The number of thioether (sulfide) groups is 1. The van der Waals surface area contributed by atoms with E-state index < -0.39 is 46.7 Å². The molecule has 5 N–H and O–H groups in total. The molecule has 3 aliphatic heterocycles. The maximum atomic E-state index is 13.5. The summed E-state index contributed by atoms with van der Waals surface area (Å²) in [7, 11) is 0. The second kappa shape index (κ2) is 16.0. The number of hydrogen-bond acceptors (Lipinski definition) is 11. The van der Waals surface area contributed by atoms with E-state index in [1.54, 1.807) is 39.4 Å². The standard InChI is InChI=1S/C36H34F2N8O7S2/c37-24-6-5-22(14-25(24)38)40-27(47)16-44-10-7-19(8-11-44)15-45-12-9-20(32(45)49)13-21-17-54-34-29(33(50)46(34)30(21)35(51)52)42-31(48)28(26-18-55-36(39)41-26)43-53-23-3-1-2-4-23/h5-8,10-11,13-14,18,23,29,34H,1-4,9,12,15-17H2,(H4-,39,40,41,42,47,48,51,52)/p+1/b20-13?,43-28-/t29-,34-/m1/s1. The van der Waals surface area contributed by atoms with Crippen LogP contribution in [0.2, 0.25) is 0 Å². The largest absolute Gasteiger partial charge is 0.477 e. The van der Waals surface area contributed by atoms with Crippen molar-refractivity contribution in [3.63, 3.8) is 0 Å². The Balaban J connectivity index is 0.977. The number of fused-ring (bicyclic) bond motifs is 1. The van der Waals surface area contributed by atoms with Crippen molar-refractivity contribution >= 4 is 69.2 Å². The van der Waals surface area contributed by atoms with Gasteiger partial charge in [0.25, 0.3) is 17.7 Å². The first-order chi connectivity index (χ1) is 26.4. The Morgan fingerprint density at radius 1 is 1.13 bits per heavy atom. The van der Waals surface area contributed by atoms with E-state index in [9.17, 15) is 37.9 Å². The van der Waals surface area contributed by atoms with E-state index in [0.29, 0.717) is 24.1 Å². The summed E-state index contributed by atoms with van der Waals surface area (Å²) < 4.78 is 28.2. The van der Waals surface area contributed by atoms with Crippen LogP contribution in [0.5, 0.6) is 0 Å². The lowest BCUT2D eigenvalue weighted by molar-refractivity contribution is -0.684. The highest BCUT2D eigenvalue weighted by Crippen LogP contribution is 2.41. The SMILES string of the molecule is Nc1nc(/C(=N/OC2CCCC2)C(=O)N[C@@H]2C(=O)N3C(C(=O)O)=C(C=C4CCN(Cc5cc[n+](CC(=O)Nc6ccc(F)c(F)c6)cc5)C4=O)CS[C@H]23)cs1. The molecule has 2 saturated heterocycles. The first kappa shape index (κ1) is 37.6. The molecule has 55 heavy (non-hydrogen) atoms. The number of carboxylic acids is 1. The van der Waals surface area contributed by atoms with Crippen LogP contribution in [0.15, 0.2) is 76.2 Å². The molecule has 7 rings (SSSR count). The number of pyridine rings is 1. The fraction of sp³-hybridized carbons (Fsp3) is 0.333. The van der Waals surface area contributed by atoms with E-state index in [-0.39, 0.29) is 58.8 Å². The zero-order valence-corrected chi connectivity index (χ0v) is 30.7. The molecule has 1 aliphatic carbocycles. The van der Waals surface area contributed by atoms with Crippen LogP contribution < -0.4 is 20.9 Å². The maximum absolute atomic E-state index is 13.5. The van der Waals surface area contributed by atoms with Crippen molar-refractivity contribution in [3.8, 4) is 0 Å². The molecule has 4 aliphatic rings. The molecular weight excluding hydrogens is 759 g/mol. The van der Waals surface area contributed by atoms with Crippen LogP contribution in [0.3, 0.4) is 0 Å². The van der Waals surface area contributed by atoms with Crippen molar-refractivity contribution < 1.29 is 47.3 Å². The third-order valence-corrected chi connectivity index (χ3v) is 11.5. The number of oxime groups is 1. The van der Waals surface area contributed by atoms with Crippen LogP contribution in [0.25, 0.3) is 0 Å². The zero-order chi connectivity index (χ0) is 38.8. The summed E-state index contributed by atoms with van der Waals surface area (Å²) >= 11 is 2.39. The minimum atomic E-state index is -1.33. The van der Waals surface area contributed by atoms with Gasteiger partial charge in [0.15, 0.2) is 34.9 Å². The molecule has 19 heteroatoms. The Bertz CT molecular complexity index is 2150. The van der Waals surface area contributed by atoms with Crippen molar-refractivity contribution in [1.82, 2.24) is 20.1 Å². The van der Waals surface area contributed by atoms with Gasteiger partial charge in [-0.1, -0.05) is 5.16 Å². The number of nitrogens with two attached hydrogens (primary N) is 1. The topological polar surface area (TPSA) is 200 Å². The average Bonchev–Trinajstić information content (AvgIpc) is 3.92. The van der Waals surface area contributed by atoms with Crippen LogP contribution in [0.1, 0.15) is 43.4 Å². The second-order valence-corrected chi connectivity index (χ2v) is 15.3. The first-order valence-corrected chi connectivity index (χ1v) is 19.3. The predicted molar refractivity (Wildman–Crippen MR) is 196 cm³/mol. The Kier molecular flexibility index (Phi) is 10.9. The van der Waals surface area contributed by atoms with Gasteiger partial charge in [0.2, 0.25) is 12.5 Å². The Morgan fingerprint density at radius 2 is 1.89 bits per heavy atom. The Morgan fingerprint density at radius 3 is 2.58 bits per heavy atom. The third kappa shape index (κ3) is 8.21. The fourth-order valence-corrected chi connectivity index (χ4v) is 8.56. The number of allylic oxidation sites excluding steroid dienone is 1. The molecule has 286 valence electrons. The van der Waals surface area contributed by atoms with Gasteiger partial charge >= 0.3 is 5.97 Å². The summed E-state index contributed by atoms with van der Waals surface area (Å²) in [5.41, 5.74) is 7.23. The number of anilines is 2. The highest BCUT2D eigenvalue weighted by atomic mass is 32.2. The van der Waals surface area contributed by atoms with Crippen molar-refractivity contribution in [3.05, 3.63) is 93.9 Å².